The molecule has 2 aromatic rings. The monoisotopic (exact) mass is 629 g/mol. The summed E-state index contributed by atoms with van der Waals surface area (Å²) in [6.07, 6.45) is -9.74. The van der Waals surface area contributed by atoms with Crippen LogP contribution in [0.3, 0.4) is 0 Å². The van der Waals surface area contributed by atoms with Gasteiger partial charge in [0.05, 0.1) is 22.9 Å². The summed E-state index contributed by atoms with van der Waals surface area (Å²) in [4.78, 5) is 30.6. The molecule has 0 aliphatic rings. The molecule has 2 amide bonds. The third-order valence-corrected chi connectivity index (χ3v) is 5.79. The van der Waals surface area contributed by atoms with Crippen molar-refractivity contribution < 1.29 is 40.8 Å². The first-order valence-electron chi connectivity index (χ1n) is 10.2. The van der Waals surface area contributed by atoms with Gasteiger partial charge < -0.3 is 15.5 Å². The molecule has 0 heterocycles. The van der Waals surface area contributed by atoms with E-state index in [-0.39, 0.29) is 22.4 Å². The number of hydrogen-bond acceptors (Lipinski definition) is 4. The van der Waals surface area contributed by atoms with Crippen molar-refractivity contribution in [1.82, 2.24) is 5.32 Å². The quantitative estimate of drug-likeness (QED) is 0.166. The van der Waals surface area contributed by atoms with Crippen molar-refractivity contribution in [1.29, 1.82) is 0 Å². The van der Waals surface area contributed by atoms with Crippen molar-refractivity contribution in [3.63, 3.8) is 0 Å². The number of anilines is 1. The molecule has 0 aliphatic heterocycles. The summed E-state index contributed by atoms with van der Waals surface area (Å²) in [6, 6.07) is 6.84. The molecule has 36 heavy (non-hydrogen) atoms. The van der Waals surface area contributed by atoms with Crippen LogP contribution < -0.4 is 10.6 Å². The molecular formula is C23H22F6IN3O3. The highest BCUT2D eigenvalue weighted by molar-refractivity contribution is 14.1. The Kier molecular flexibility index (Phi) is 9.02. The summed E-state index contributed by atoms with van der Waals surface area (Å²) in [6.45, 7) is 4.55. The maximum Gasteiger partial charge on any atom is 0.404 e. The maximum atomic E-state index is 13.1. The fourth-order valence-electron chi connectivity index (χ4n) is 3.28. The smallest absolute Gasteiger partial charge is 0.399 e. The zero-order valence-electron chi connectivity index (χ0n) is 19.4. The molecule has 196 valence electrons. The SMILES string of the molecule is CO/N=C/C(C)(C)NC(=O)c1c(I)cccc1C(=O)Nc1ccc(C(C(F)(F)F)C(F)(F)F)cc1C. The second-order valence-corrected chi connectivity index (χ2v) is 9.46. The Labute approximate surface area is 216 Å². The predicted molar refractivity (Wildman–Crippen MR) is 130 cm³/mol. The molecule has 6 nitrogen and oxygen atoms in total. The van der Waals surface area contributed by atoms with E-state index in [0.29, 0.717) is 9.64 Å². The van der Waals surface area contributed by atoms with E-state index < -0.39 is 41.2 Å². The van der Waals surface area contributed by atoms with Crippen LogP contribution in [-0.2, 0) is 4.84 Å². The van der Waals surface area contributed by atoms with Crippen molar-refractivity contribution in [2.45, 2.75) is 44.6 Å². The predicted octanol–water partition coefficient (Wildman–Crippen LogP) is 6.20. The fourth-order valence-corrected chi connectivity index (χ4v) is 4.02. The minimum Gasteiger partial charge on any atom is -0.399 e. The highest BCUT2D eigenvalue weighted by Gasteiger charge is 2.57. The molecule has 2 rings (SSSR count). The first-order valence-corrected chi connectivity index (χ1v) is 11.3. The van der Waals surface area contributed by atoms with Crippen LogP contribution >= 0.6 is 22.6 Å². The first kappa shape index (κ1) is 29.4. The minimum absolute atomic E-state index is 0.00961. The number of benzene rings is 2. The van der Waals surface area contributed by atoms with Crippen LogP contribution in [0.4, 0.5) is 32.0 Å². The Morgan fingerprint density at radius 3 is 2.17 bits per heavy atom. The summed E-state index contributed by atoms with van der Waals surface area (Å²) < 4.78 is 78.8. The van der Waals surface area contributed by atoms with Crippen molar-refractivity contribution >= 4 is 46.3 Å². The normalized spacial score (nSPS) is 12.7. The number of oxime groups is 1. The molecule has 13 heteroatoms. The van der Waals surface area contributed by atoms with Crippen LogP contribution in [0.15, 0.2) is 41.6 Å². The minimum atomic E-state index is -5.54. The van der Waals surface area contributed by atoms with Crippen LogP contribution in [0.2, 0.25) is 0 Å². The number of halogens is 7. The second kappa shape index (κ2) is 11.0. The molecule has 0 aliphatic carbocycles. The molecular weight excluding hydrogens is 607 g/mol. The summed E-state index contributed by atoms with van der Waals surface area (Å²) in [5, 5.41) is 8.78. The van der Waals surface area contributed by atoms with Gasteiger partial charge >= 0.3 is 12.4 Å². The lowest BCUT2D eigenvalue weighted by atomic mass is 9.95. The van der Waals surface area contributed by atoms with Gasteiger partial charge in [-0.3, -0.25) is 9.59 Å². The molecule has 2 aromatic carbocycles. The summed E-state index contributed by atoms with van der Waals surface area (Å²) >= 11 is 1.87. The Balaban J connectivity index is 2.38. The number of alkyl halides is 6. The van der Waals surface area contributed by atoms with Gasteiger partial charge in [-0.15, -0.1) is 0 Å². The average Bonchev–Trinajstić information content (AvgIpc) is 2.71. The van der Waals surface area contributed by atoms with Gasteiger partial charge in [0.2, 0.25) is 0 Å². The second-order valence-electron chi connectivity index (χ2n) is 8.30. The standard InChI is InChI=1S/C23H22F6IN3O3/c1-12-10-13(18(22(24,25)26)23(27,28)29)8-9-16(12)32-19(34)14-6-5-7-15(30)17(14)20(35)33-21(2,3)11-31-36-4/h5-11,18H,1-4H3,(H,32,34)(H,33,35)/b31-11+. The van der Waals surface area contributed by atoms with Gasteiger partial charge in [0, 0.05) is 9.26 Å². The molecule has 0 saturated carbocycles. The van der Waals surface area contributed by atoms with Crippen molar-refractivity contribution in [3.05, 3.63) is 62.2 Å². The van der Waals surface area contributed by atoms with Crippen molar-refractivity contribution in [2.24, 2.45) is 5.16 Å². The third-order valence-electron chi connectivity index (χ3n) is 4.89. The maximum absolute atomic E-state index is 13.1. The third kappa shape index (κ3) is 7.34. The zero-order chi connectivity index (χ0) is 27.5. The van der Waals surface area contributed by atoms with E-state index in [4.69, 9.17) is 0 Å². The van der Waals surface area contributed by atoms with E-state index in [1.54, 1.807) is 19.9 Å². The number of nitrogens with one attached hydrogen (secondary N) is 2. The van der Waals surface area contributed by atoms with E-state index in [1.807, 2.05) is 22.6 Å². The van der Waals surface area contributed by atoms with Gasteiger partial charge in [0.15, 0.2) is 5.92 Å². The number of carbonyl (C=O) groups is 2. The molecule has 0 radical (unpaired) electrons. The molecule has 0 fully saturated rings. The highest BCUT2D eigenvalue weighted by Crippen LogP contribution is 2.46. The van der Waals surface area contributed by atoms with Gasteiger partial charge in [0.1, 0.15) is 7.11 Å². The molecule has 0 unspecified atom stereocenters. The van der Waals surface area contributed by atoms with Crippen molar-refractivity contribution in [3.8, 4) is 0 Å². The Hall–Kier alpha value is -2.84. The van der Waals surface area contributed by atoms with Crippen LogP contribution in [0.5, 0.6) is 0 Å². The molecule has 0 saturated heterocycles. The number of aryl methyl sites for hydroxylation is 1. The van der Waals surface area contributed by atoms with Gasteiger partial charge in [-0.1, -0.05) is 23.4 Å². The molecule has 0 bridgehead atoms. The van der Waals surface area contributed by atoms with E-state index in [1.165, 1.54) is 32.4 Å². The van der Waals surface area contributed by atoms with Crippen LogP contribution in [-0.4, -0.2) is 43.0 Å². The summed E-state index contributed by atoms with van der Waals surface area (Å²) in [5.74, 6) is -5.05. The lowest BCUT2D eigenvalue weighted by Crippen LogP contribution is -2.45. The van der Waals surface area contributed by atoms with E-state index in [0.717, 1.165) is 12.1 Å². The zero-order valence-corrected chi connectivity index (χ0v) is 21.6. The largest absolute Gasteiger partial charge is 0.404 e. The molecule has 0 atom stereocenters. The highest BCUT2D eigenvalue weighted by atomic mass is 127. The van der Waals surface area contributed by atoms with Gasteiger partial charge in [-0.05, 0) is 72.7 Å². The number of rotatable bonds is 7. The lowest BCUT2D eigenvalue weighted by Gasteiger charge is -2.24. The Bertz CT molecular complexity index is 1150. The van der Waals surface area contributed by atoms with E-state index in [2.05, 4.69) is 20.6 Å². The van der Waals surface area contributed by atoms with Crippen LogP contribution in [0.25, 0.3) is 0 Å². The topological polar surface area (TPSA) is 79.8 Å². The number of amides is 2. The van der Waals surface area contributed by atoms with Gasteiger partial charge in [-0.25, -0.2) is 0 Å². The Morgan fingerprint density at radius 1 is 1.03 bits per heavy atom. The van der Waals surface area contributed by atoms with Crippen LogP contribution in [0.1, 0.15) is 51.6 Å². The number of hydrogen-bond donors (Lipinski definition) is 2. The Morgan fingerprint density at radius 2 is 1.64 bits per heavy atom. The lowest BCUT2D eigenvalue weighted by molar-refractivity contribution is -0.253. The van der Waals surface area contributed by atoms with Crippen molar-refractivity contribution in [2.75, 3.05) is 12.4 Å². The summed E-state index contributed by atoms with van der Waals surface area (Å²) in [5.41, 5.74) is -2.00. The number of carbonyl (C=O) groups excluding carboxylic acids is 2. The van der Waals surface area contributed by atoms with E-state index >= 15 is 0 Å². The first-order chi connectivity index (χ1) is 16.5. The van der Waals surface area contributed by atoms with Gasteiger partial charge in [0.25, 0.3) is 11.8 Å². The molecule has 2 N–H and O–H groups in total. The molecule has 0 aromatic heterocycles. The van der Waals surface area contributed by atoms with E-state index in [9.17, 15) is 35.9 Å². The summed E-state index contributed by atoms with van der Waals surface area (Å²) in [7, 11) is 1.33. The molecule has 0 spiro atoms. The number of nitrogens with zero attached hydrogens (tertiary/aromatic N) is 1. The average molecular weight is 629 g/mol. The fraction of sp³-hybridized carbons (Fsp3) is 0.348. The van der Waals surface area contributed by atoms with Gasteiger partial charge in [-0.2, -0.15) is 26.3 Å². The van der Waals surface area contributed by atoms with Crippen LogP contribution in [0, 0.1) is 10.5 Å².